The second kappa shape index (κ2) is 5.67. The van der Waals surface area contributed by atoms with Gasteiger partial charge in [-0.3, -0.25) is 0 Å². The zero-order valence-electron chi connectivity index (χ0n) is 11.4. The molecule has 0 unspecified atom stereocenters. The van der Waals surface area contributed by atoms with Gasteiger partial charge in [-0.15, -0.1) is 0 Å². The van der Waals surface area contributed by atoms with Crippen LogP contribution in [0.15, 0.2) is 48.5 Å². The number of hydrogen-bond acceptors (Lipinski definition) is 2. The van der Waals surface area contributed by atoms with Crippen molar-refractivity contribution in [2.45, 2.75) is 0 Å². The van der Waals surface area contributed by atoms with Gasteiger partial charge < -0.3 is 0 Å². The zero-order valence-corrected chi connectivity index (χ0v) is 13.3. The maximum Gasteiger partial charge on any atom is -0.0184 e. The van der Waals surface area contributed by atoms with Crippen LogP contribution in [-0.4, -0.2) is 32.9 Å². The van der Waals surface area contributed by atoms with Crippen molar-refractivity contribution >= 4 is 38.1 Å². The number of nitrogens with zero attached hydrogens (tertiary/aromatic N) is 1. The molecule has 2 aliphatic rings. The Labute approximate surface area is 136 Å². The van der Waals surface area contributed by atoms with E-state index >= 15 is 0 Å². The van der Waals surface area contributed by atoms with E-state index in [-0.39, 0.29) is 5.69 Å². The Morgan fingerprint density at radius 1 is 1.14 bits per heavy atom. The second-order valence-corrected chi connectivity index (χ2v) is 5.77. The molecule has 0 aliphatic heterocycles. The zero-order chi connectivity index (χ0) is 15.7. The van der Waals surface area contributed by atoms with E-state index in [1.54, 1.807) is 6.07 Å². The van der Waals surface area contributed by atoms with Gasteiger partial charge >= 0.3 is 101 Å². The van der Waals surface area contributed by atoms with Crippen molar-refractivity contribution in [1.82, 2.24) is 4.98 Å². The van der Waals surface area contributed by atoms with Gasteiger partial charge in [-0.05, 0) is 11.1 Å². The largest absolute Gasteiger partial charge is 0.0538 e. The van der Waals surface area contributed by atoms with Crippen LogP contribution in [0.2, 0.25) is 0 Å². The molecule has 4 rings (SSSR count). The Bertz CT molecular complexity index is 903. The molecule has 2 aromatic rings. The summed E-state index contributed by atoms with van der Waals surface area (Å²) in [5.41, 5.74) is 3.73. The topological polar surface area (TPSA) is 50.2 Å². The first-order valence-electron chi connectivity index (χ1n) is 6.53. The summed E-state index contributed by atoms with van der Waals surface area (Å²) < 4.78 is 0.871. The van der Waals surface area contributed by atoms with Crippen LogP contribution in [0.25, 0.3) is 22.0 Å². The molecular weight excluding hydrogens is 337 g/mol. The molecule has 3 nitrogen and oxygen atoms in total. The SMILES string of the molecule is C#Cc1cc2cccc([As])c2nc1C(=O)O.c1cc2ccc1-2. The maximum absolute atomic E-state index is 11.0. The van der Waals surface area contributed by atoms with E-state index in [9.17, 15) is 4.79 Å². The second-order valence-electron chi connectivity index (χ2n) is 4.76. The molecule has 0 saturated heterocycles. The van der Waals surface area contributed by atoms with Crippen molar-refractivity contribution < 1.29 is 9.90 Å². The molecule has 1 aromatic carbocycles. The molecule has 1 heterocycles. The van der Waals surface area contributed by atoms with E-state index in [0.717, 1.165) is 9.74 Å². The van der Waals surface area contributed by atoms with Gasteiger partial charge in [0.25, 0.3) is 0 Å². The van der Waals surface area contributed by atoms with Crippen molar-refractivity contribution in [2.75, 3.05) is 0 Å². The van der Waals surface area contributed by atoms with E-state index in [1.807, 2.05) is 18.2 Å². The fourth-order valence-electron chi connectivity index (χ4n) is 2.12. The maximum atomic E-state index is 11.0. The fourth-order valence-corrected chi connectivity index (χ4v) is 2.67. The summed E-state index contributed by atoms with van der Waals surface area (Å²) in [5, 5.41) is 9.83. The molecule has 0 amide bonds. The Morgan fingerprint density at radius 3 is 2.23 bits per heavy atom. The number of fused-ring (bicyclic) bond motifs is 2. The average Bonchev–Trinajstić information content (AvgIpc) is 2.50. The van der Waals surface area contributed by atoms with E-state index < -0.39 is 5.97 Å². The molecule has 2 radical (unpaired) electrons. The van der Waals surface area contributed by atoms with Crippen molar-refractivity contribution in [3.63, 3.8) is 0 Å². The van der Waals surface area contributed by atoms with Crippen LogP contribution in [0.5, 0.6) is 0 Å². The van der Waals surface area contributed by atoms with Crippen molar-refractivity contribution in [3.8, 4) is 23.5 Å². The van der Waals surface area contributed by atoms with E-state index in [2.05, 4.69) is 52.0 Å². The number of carbonyl (C=O) groups is 1. The summed E-state index contributed by atoms with van der Waals surface area (Å²) in [6.07, 6.45) is 5.26. The summed E-state index contributed by atoms with van der Waals surface area (Å²) in [7, 11) is 0. The Kier molecular flexibility index (Phi) is 3.71. The minimum atomic E-state index is -1.11. The van der Waals surface area contributed by atoms with Gasteiger partial charge in [-0.2, -0.15) is 0 Å². The van der Waals surface area contributed by atoms with Crippen molar-refractivity contribution in [3.05, 3.63) is 59.8 Å². The number of para-hydroxylation sites is 1. The van der Waals surface area contributed by atoms with Crippen molar-refractivity contribution in [2.24, 2.45) is 0 Å². The summed E-state index contributed by atoms with van der Waals surface area (Å²) in [6.45, 7) is 0. The number of carboxylic acid groups (broad SMARTS) is 1. The predicted molar refractivity (Wildman–Crippen MR) is 87.5 cm³/mol. The van der Waals surface area contributed by atoms with Crippen LogP contribution in [0, 0.1) is 12.3 Å². The number of hydrogen-bond donors (Lipinski definition) is 1. The fraction of sp³-hybridized carbons (Fsp3) is 0. The number of aromatic carboxylic acids is 1. The van der Waals surface area contributed by atoms with Crippen LogP contribution >= 0.6 is 0 Å². The summed E-state index contributed by atoms with van der Waals surface area (Å²) in [4.78, 5) is 15.1. The summed E-state index contributed by atoms with van der Waals surface area (Å²) in [5.74, 6) is 1.23. The minimum absolute atomic E-state index is 0.0755. The number of carboxylic acids is 1. The van der Waals surface area contributed by atoms with Gasteiger partial charge in [0.05, 0.1) is 0 Å². The third kappa shape index (κ3) is 2.50. The Balaban J connectivity index is 0.000000196. The normalized spacial score (nSPS) is 10.4. The van der Waals surface area contributed by atoms with Gasteiger partial charge in [-0.25, -0.2) is 0 Å². The van der Waals surface area contributed by atoms with Crippen molar-refractivity contribution in [1.29, 1.82) is 0 Å². The molecule has 0 atom stereocenters. The van der Waals surface area contributed by atoms with E-state index in [4.69, 9.17) is 11.5 Å². The molecule has 2 aliphatic carbocycles. The molecule has 22 heavy (non-hydrogen) atoms. The molecule has 1 aromatic heterocycles. The number of terminal acetylenes is 1. The number of rotatable bonds is 1. The van der Waals surface area contributed by atoms with E-state index in [0.29, 0.717) is 11.1 Å². The molecule has 0 spiro atoms. The van der Waals surface area contributed by atoms with Gasteiger partial charge in [0.15, 0.2) is 0 Å². The van der Waals surface area contributed by atoms with Crippen LogP contribution < -0.4 is 4.35 Å². The number of benzene rings is 2. The number of pyridine rings is 1. The summed E-state index contributed by atoms with van der Waals surface area (Å²) in [6, 6.07) is 15.7. The Hall–Kier alpha value is -2.56. The van der Waals surface area contributed by atoms with Crippen LogP contribution in [-0.2, 0) is 0 Å². The van der Waals surface area contributed by atoms with Gasteiger partial charge in [0.1, 0.15) is 0 Å². The first kappa shape index (κ1) is 14.4. The molecule has 0 bridgehead atoms. The quantitative estimate of drug-likeness (QED) is 0.425. The number of aromatic nitrogens is 1. The average molecular weight is 347 g/mol. The van der Waals surface area contributed by atoms with Crippen LogP contribution in [0.3, 0.4) is 0 Å². The molecule has 0 fully saturated rings. The first-order chi connectivity index (χ1) is 10.6. The Morgan fingerprint density at radius 2 is 1.77 bits per heavy atom. The van der Waals surface area contributed by atoms with Crippen LogP contribution in [0.4, 0.5) is 0 Å². The molecular formula is C18H10AsNO2. The molecule has 0 saturated carbocycles. The third-order valence-corrected chi connectivity index (χ3v) is 4.16. The standard InChI is InChI=1S/C12H6AsNO2.C6H4/c1-2-7-6-8-4-3-5-9(13)10(8)14-11(7)12(15)16;1-2-6-4-3-5(1)6/h1,3-6H,(H,15,16);1-4H. The van der Waals surface area contributed by atoms with Gasteiger partial charge in [0.2, 0.25) is 0 Å². The van der Waals surface area contributed by atoms with Crippen LogP contribution in [0.1, 0.15) is 16.1 Å². The minimum Gasteiger partial charge on any atom is -0.0538 e. The van der Waals surface area contributed by atoms with Gasteiger partial charge in [-0.1, -0.05) is 24.3 Å². The third-order valence-electron chi connectivity index (χ3n) is 3.40. The smallest absolute Gasteiger partial charge is 0.0184 e. The van der Waals surface area contributed by atoms with Gasteiger partial charge in [0, 0.05) is 0 Å². The molecule has 4 heteroatoms. The first-order valence-corrected chi connectivity index (χ1v) is 7.47. The monoisotopic (exact) mass is 347 g/mol. The van der Waals surface area contributed by atoms with E-state index in [1.165, 1.54) is 11.1 Å². The summed E-state index contributed by atoms with van der Waals surface area (Å²) >= 11 is 2.36. The molecule has 1 N–H and O–H groups in total. The molecule has 104 valence electrons. The predicted octanol–water partition coefficient (Wildman–Crippen LogP) is 2.38.